The molecule has 9 amide bonds. The number of carbonyl (C=O) groups is 11. The molecule has 1 saturated heterocycles. The van der Waals surface area contributed by atoms with Crippen LogP contribution in [0.4, 0.5) is 0 Å². The zero-order chi connectivity index (χ0) is 57.7. The molecule has 0 saturated carbocycles. The number of carbonyl (C=O) groups excluding carboxylic acids is 9. The standard InChI is InChI=1S/C50H72N10O16S/c1-24(2)17-32(43(68)58-37(50(75)76)18-25(3)4)53-46(71)35(21-39(51)64)57-49(74)41(26(5)61)60-47(72)36(22-40(65)66)56-44(69)33(19-27-8-12-29(62)13-9-27)55-48(73)38(23-77)59-45(70)34(20-28-10-14-30(63)15-11-28)54-42(67)31-7-6-16-52-31/h8-15,24-26,31-38,41,52,61-63,77H,6-7,16-23H2,1-5H3,(H2,51,64)(H,53,71)(H,54,67)(H,55,73)(H,56,69)(H,57,74)(H,58,68)(H,59,70)(H,60,72)(H,65,66)(H,75,76)/t26-,31+,32+,33+,34+,35+,36+,37+,38+,41+/m1/s1. The lowest BCUT2D eigenvalue weighted by Crippen LogP contribution is -2.62. The van der Waals surface area contributed by atoms with Crippen LogP contribution >= 0.6 is 12.6 Å². The Hall–Kier alpha value is -7.52. The molecular formula is C50H72N10O16S. The molecule has 2 aromatic carbocycles. The highest BCUT2D eigenvalue weighted by Gasteiger charge is 2.37. The molecule has 2 aromatic rings. The summed E-state index contributed by atoms with van der Waals surface area (Å²) in [4.78, 5) is 146. The molecule has 1 fully saturated rings. The van der Waals surface area contributed by atoms with Crippen LogP contribution in [0.25, 0.3) is 0 Å². The lowest BCUT2D eigenvalue weighted by atomic mass is 10.00. The second-order valence-electron chi connectivity index (χ2n) is 19.6. The lowest BCUT2D eigenvalue weighted by Gasteiger charge is -2.28. The van der Waals surface area contributed by atoms with Crippen molar-refractivity contribution < 1.29 is 78.3 Å². The van der Waals surface area contributed by atoms with Gasteiger partial charge in [0.2, 0.25) is 53.2 Å². The summed E-state index contributed by atoms with van der Waals surface area (Å²) in [6, 6.07) is -2.38. The average molecular weight is 1100 g/mol. The van der Waals surface area contributed by atoms with E-state index in [-0.39, 0.29) is 54.8 Å². The summed E-state index contributed by atoms with van der Waals surface area (Å²) in [5.74, 6) is -13.2. The van der Waals surface area contributed by atoms with Crippen molar-refractivity contribution in [2.45, 2.75) is 146 Å². The van der Waals surface area contributed by atoms with Crippen LogP contribution in [0.15, 0.2) is 48.5 Å². The van der Waals surface area contributed by atoms with E-state index >= 15 is 0 Å². The fraction of sp³-hybridized carbons (Fsp3) is 0.540. The first-order valence-corrected chi connectivity index (χ1v) is 25.5. The van der Waals surface area contributed by atoms with E-state index in [1.807, 2.05) is 0 Å². The van der Waals surface area contributed by atoms with Gasteiger partial charge in [0.05, 0.1) is 25.0 Å². The van der Waals surface area contributed by atoms with E-state index in [0.29, 0.717) is 24.1 Å². The number of aliphatic hydroxyl groups excluding tert-OH is 1. The second-order valence-corrected chi connectivity index (χ2v) is 20.0. The number of nitrogens with two attached hydrogens (primary N) is 1. The van der Waals surface area contributed by atoms with E-state index in [4.69, 9.17) is 5.73 Å². The fourth-order valence-electron chi connectivity index (χ4n) is 8.00. The summed E-state index contributed by atoms with van der Waals surface area (Å²) in [7, 11) is 0. The average Bonchev–Trinajstić information content (AvgIpc) is 3.90. The van der Waals surface area contributed by atoms with Crippen LogP contribution in [-0.2, 0) is 65.6 Å². The number of aromatic hydroxyl groups is 2. The first kappa shape index (κ1) is 63.8. The molecule has 0 bridgehead atoms. The number of phenols is 2. The van der Waals surface area contributed by atoms with Crippen LogP contribution in [0.1, 0.15) is 84.3 Å². The zero-order valence-corrected chi connectivity index (χ0v) is 44.3. The largest absolute Gasteiger partial charge is 0.508 e. The fourth-order valence-corrected chi connectivity index (χ4v) is 8.26. The molecule has 424 valence electrons. The van der Waals surface area contributed by atoms with Gasteiger partial charge in [0, 0.05) is 18.6 Å². The van der Waals surface area contributed by atoms with Crippen LogP contribution in [0, 0.1) is 11.8 Å². The number of hydrogen-bond acceptors (Lipinski definition) is 16. The van der Waals surface area contributed by atoms with Crippen LogP contribution in [0.3, 0.4) is 0 Å². The smallest absolute Gasteiger partial charge is 0.326 e. The second kappa shape index (κ2) is 30.9. The number of rotatable bonds is 31. The summed E-state index contributed by atoms with van der Waals surface area (Å²) in [6.07, 6.45) is -3.00. The maximum Gasteiger partial charge on any atom is 0.326 e. The molecule has 1 heterocycles. The zero-order valence-electron chi connectivity index (χ0n) is 43.4. The van der Waals surface area contributed by atoms with E-state index in [9.17, 15) is 78.3 Å². The molecule has 0 radical (unpaired) electrons. The molecule has 0 aromatic heterocycles. The van der Waals surface area contributed by atoms with Crippen molar-refractivity contribution in [1.82, 2.24) is 47.9 Å². The minimum atomic E-state index is -2.04. The summed E-state index contributed by atoms with van der Waals surface area (Å²) >= 11 is 4.25. The molecule has 0 unspecified atom stereocenters. The third-order valence-electron chi connectivity index (χ3n) is 12.0. The summed E-state index contributed by atoms with van der Waals surface area (Å²) < 4.78 is 0. The first-order chi connectivity index (χ1) is 36.2. The Balaban J connectivity index is 1.87. The van der Waals surface area contributed by atoms with Gasteiger partial charge in [-0.25, -0.2) is 4.79 Å². The maximum absolute atomic E-state index is 14.2. The normalized spacial score (nSPS) is 16.6. The molecule has 16 N–H and O–H groups in total. The highest BCUT2D eigenvalue weighted by molar-refractivity contribution is 7.80. The highest BCUT2D eigenvalue weighted by atomic mass is 32.1. The van der Waals surface area contributed by atoms with Gasteiger partial charge < -0.3 is 79.1 Å². The molecule has 1 aliphatic rings. The van der Waals surface area contributed by atoms with Gasteiger partial charge in [-0.3, -0.25) is 47.9 Å². The van der Waals surface area contributed by atoms with Crippen molar-refractivity contribution in [3.05, 3.63) is 59.7 Å². The lowest BCUT2D eigenvalue weighted by molar-refractivity contribution is -0.143. The SMILES string of the molecule is CC(C)C[C@H](NC(=O)[C@H](CC(C)C)NC(=O)[C@H](CC(N)=O)NC(=O)[C@@H](NC(=O)[C@H](CC(=O)O)NC(=O)[C@H](Cc1ccc(O)cc1)NC(=O)[C@H](CS)NC(=O)[C@H](Cc1ccc(O)cc1)NC(=O)[C@@H]1CCCN1)[C@@H](C)O)C(=O)O. The summed E-state index contributed by atoms with van der Waals surface area (Å²) in [5.41, 5.74) is 6.27. The molecule has 27 heteroatoms. The van der Waals surface area contributed by atoms with Gasteiger partial charge in [-0.1, -0.05) is 52.0 Å². The van der Waals surface area contributed by atoms with Gasteiger partial charge >= 0.3 is 11.9 Å². The van der Waals surface area contributed by atoms with Gasteiger partial charge in [0.1, 0.15) is 59.8 Å². The highest BCUT2D eigenvalue weighted by Crippen LogP contribution is 2.16. The maximum atomic E-state index is 14.2. The topological polar surface area (TPSA) is 423 Å². The van der Waals surface area contributed by atoms with Crippen molar-refractivity contribution in [1.29, 1.82) is 0 Å². The van der Waals surface area contributed by atoms with Gasteiger partial charge in [-0.05, 0) is 86.4 Å². The van der Waals surface area contributed by atoms with Crippen molar-refractivity contribution in [2.75, 3.05) is 12.3 Å². The van der Waals surface area contributed by atoms with Crippen LogP contribution in [0.5, 0.6) is 11.5 Å². The minimum absolute atomic E-state index is 0.0272. The summed E-state index contributed by atoms with van der Waals surface area (Å²) in [5, 5.41) is 72.1. The van der Waals surface area contributed by atoms with Crippen LogP contribution in [-0.4, -0.2) is 163 Å². The number of nitrogens with one attached hydrogen (secondary N) is 9. The number of hydrogen-bond donors (Lipinski definition) is 16. The van der Waals surface area contributed by atoms with E-state index in [0.717, 1.165) is 13.3 Å². The third kappa shape index (κ3) is 21.9. The molecule has 0 aliphatic carbocycles. The predicted octanol–water partition coefficient (Wildman–Crippen LogP) is -2.65. The Bertz CT molecular complexity index is 2400. The number of primary amides is 1. The first-order valence-electron chi connectivity index (χ1n) is 24.9. The van der Waals surface area contributed by atoms with E-state index in [1.165, 1.54) is 48.5 Å². The molecular weight excluding hydrogens is 1030 g/mol. The molecule has 0 spiro atoms. The molecule has 10 atom stereocenters. The monoisotopic (exact) mass is 1100 g/mol. The predicted molar refractivity (Wildman–Crippen MR) is 278 cm³/mol. The van der Waals surface area contributed by atoms with Crippen molar-refractivity contribution in [2.24, 2.45) is 17.6 Å². The van der Waals surface area contributed by atoms with Gasteiger partial charge in [0.25, 0.3) is 0 Å². The number of aliphatic hydroxyl groups is 1. The number of carboxylic acids is 2. The Morgan fingerprint density at radius 1 is 0.558 bits per heavy atom. The Morgan fingerprint density at radius 2 is 0.961 bits per heavy atom. The van der Waals surface area contributed by atoms with Crippen LogP contribution in [0.2, 0.25) is 0 Å². The van der Waals surface area contributed by atoms with Gasteiger partial charge in [0.15, 0.2) is 0 Å². The van der Waals surface area contributed by atoms with Crippen molar-refractivity contribution in [3.8, 4) is 11.5 Å². The van der Waals surface area contributed by atoms with Crippen molar-refractivity contribution >= 4 is 77.7 Å². The van der Waals surface area contributed by atoms with E-state index in [2.05, 4.69) is 60.5 Å². The van der Waals surface area contributed by atoms with E-state index in [1.54, 1.807) is 27.7 Å². The minimum Gasteiger partial charge on any atom is -0.508 e. The number of carboxylic acid groups (broad SMARTS) is 2. The Labute approximate surface area is 450 Å². The molecule has 3 rings (SSSR count). The number of aliphatic carboxylic acids is 2. The number of phenolic OH excluding ortho intramolecular Hbond substituents is 2. The molecule has 77 heavy (non-hydrogen) atoms. The quantitative estimate of drug-likeness (QED) is 0.0343. The van der Waals surface area contributed by atoms with Crippen molar-refractivity contribution in [3.63, 3.8) is 0 Å². The van der Waals surface area contributed by atoms with Crippen LogP contribution < -0.4 is 53.6 Å². The third-order valence-corrected chi connectivity index (χ3v) is 12.4. The molecule has 1 aliphatic heterocycles. The summed E-state index contributed by atoms with van der Waals surface area (Å²) in [6.45, 7) is 8.51. The Morgan fingerprint density at radius 3 is 1.42 bits per heavy atom. The van der Waals surface area contributed by atoms with Gasteiger partial charge in [-0.15, -0.1) is 0 Å². The number of thiol groups is 1. The number of amides is 9. The van der Waals surface area contributed by atoms with Gasteiger partial charge in [-0.2, -0.15) is 12.6 Å². The molecule has 26 nitrogen and oxygen atoms in total. The number of benzene rings is 2. The Kier molecular flexibility index (Phi) is 25.6. The van der Waals surface area contributed by atoms with E-state index < -0.39 is 138 Å².